The number of benzene rings is 1. The molecule has 1 aromatic heterocycles. The Morgan fingerprint density at radius 3 is 2.68 bits per heavy atom. The van der Waals surface area contributed by atoms with E-state index in [-0.39, 0.29) is 5.69 Å². The first kappa shape index (κ1) is 12.5. The molecule has 1 aliphatic rings. The normalized spacial score (nSPS) is 15.3. The monoisotopic (exact) mass is 259 g/mol. The molecule has 4 heteroatoms. The van der Waals surface area contributed by atoms with E-state index in [0.29, 0.717) is 0 Å². The van der Waals surface area contributed by atoms with E-state index in [4.69, 9.17) is 0 Å². The molecule has 0 unspecified atom stereocenters. The minimum absolute atomic E-state index is 0.0440. The zero-order chi connectivity index (χ0) is 13.4. The predicted octanol–water partition coefficient (Wildman–Crippen LogP) is 1.56. The summed E-state index contributed by atoms with van der Waals surface area (Å²) in [5, 5.41) is 3.53. The number of imidazole rings is 1. The van der Waals surface area contributed by atoms with Gasteiger partial charge in [0.25, 0.3) is 0 Å². The Labute approximate surface area is 113 Å². The summed E-state index contributed by atoms with van der Waals surface area (Å²) in [5.74, 6) is 0. The van der Waals surface area contributed by atoms with Gasteiger partial charge in [-0.3, -0.25) is 9.13 Å². The maximum Gasteiger partial charge on any atom is 0.328 e. The first-order valence-electron chi connectivity index (χ1n) is 7.04. The van der Waals surface area contributed by atoms with Crippen LogP contribution in [-0.2, 0) is 20.5 Å². The molecule has 0 amide bonds. The van der Waals surface area contributed by atoms with Crippen LogP contribution in [0.1, 0.15) is 24.8 Å². The Hall–Kier alpha value is -1.55. The molecule has 1 aliphatic carbocycles. The van der Waals surface area contributed by atoms with Crippen LogP contribution in [0.15, 0.2) is 23.0 Å². The molecule has 3 rings (SSSR count). The summed E-state index contributed by atoms with van der Waals surface area (Å²) in [4.78, 5) is 11.9. The standard InChI is InChI=1S/C15H21N3O/c1-17-13-8-5-11(4-3-9-16-12-6-7-12)10-14(13)18(2)15(17)19/h5,8,10,12,16H,3-4,6-7,9H2,1-2H3. The molecule has 102 valence electrons. The number of aromatic nitrogens is 2. The van der Waals surface area contributed by atoms with Gasteiger partial charge in [0.2, 0.25) is 0 Å². The van der Waals surface area contributed by atoms with E-state index < -0.39 is 0 Å². The first-order chi connectivity index (χ1) is 9.16. The molecule has 2 aromatic rings. The van der Waals surface area contributed by atoms with Crippen molar-refractivity contribution in [3.05, 3.63) is 34.2 Å². The van der Waals surface area contributed by atoms with Crippen molar-refractivity contribution >= 4 is 11.0 Å². The number of fused-ring (bicyclic) bond motifs is 1. The van der Waals surface area contributed by atoms with Crippen LogP contribution in [0.2, 0.25) is 0 Å². The number of hydrogen-bond acceptors (Lipinski definition) is 2. The second-order valence-corrected chi connectivity index (χ2v) is 5.56. The summed E-state index contributed by atoms with van der Waals surface area (Å²) in [6, 6.07) is 7.13. The van der Waals surface area contributed by atoms with E-state index in [1.165, 1.54) is 18.4 Å². The van der Waals surface area contributed by atoms with Gasteiger partial charge >= 0.3 is 5.69 Å². The Balaban J connectivity index is 1.73. The Bertz CT molecular complexity index is 649. The lowest BCUT2D eigenvalue weighted by Crippen LogP contribution is -2.19. The lowest BCUT2D eigenvalue weighted by molar-refractivity contribution is 0.645. The number of nitrogens with zero attached hydrogens (tertiary/aromatic N) is 2. The molecule has 19 heavy (non-hydrogen) atoms. The van der Waals surface area contributed by atoms with Gasteiger partial charge in [0.05, 0.1) is 11.0 Å². The van der Waals surface area contributed by atoms with E-state index in [0.717, 1.165) is 36.5 Å². The van der Waals surface area contributed by atoms with Crippen molar-refractivity contribution in [3.8, 4) is 0 Å². The lowest BCUT2D eigenvalue weighted by Gasteiger charge is -2.04. The van der Waals surface area contributed by atoms with Crippen LogP contribution in [0.25, 0.3) is 11.0 Å². The van der Waals surface area contributed by atoms with E-state index in [1.54, 1.807) is 9.13 Å². The number of aryl methyl sites for hydroxylation is 3. The van der Waals surface area contributed by atoms with E-state index >= 15 is 0 Å². The third-order valence-electron chi connectivity index (χ3n) is 3.99. The molecule has 0 spiro atoms. The van der Waals surface area contributed by atoms with E-state index in [1.807, 2.05) is 14.1 Å². The fourth-order valence-electron chi connectivity index (χ4n) is 2.59. The predicted molar refractivity (Wildman–Crippen MR) is 77.5 cm³/mol. The van der Waals surface area contributed by atoms with Gasteiger partial charge in [-0.1, -0.05) is 6.07 Å². The van der Waals surface area contributed by atoms with Crippen LogP contribution in [0, 0.1) is 0 Å². The minimum Gasteiger partial charge on any atom is -0.314 e. The maximum atomic E-state index is 11.9. The SMILES string of the molecule is Cn1c(=O)n(C)c2cc(CCCNC3CC3)ccc21. The highest BCUT2D eigenvalue weighted by Gasteiger charge is 2.19. The first-order valence-corrected chi connectivity index (χ1v) is 7.04. The van der Waals surface area contributed by atoms with Crippen molar-refractivity contribution in [1.82, 2.24) is 14.5 Å². The van der Waals surface area contributed by atoms with Crippen LogP contribution in [0.5, 0.6) is 0 Å². The quantitative estimate of drug-likeness (QED) is 0.828. The van der Waals surface area contributed by atoms with Gasteiger partial charge in [0.15, 0.2) is 0 Å². The minimum atomic E-state index is 0.0440. The van der Waals surface area contributed by atoms with Crippen LogP contribution in [-0.4, -0.2) is 21.7 Å². The van der Waals surface area contributed by atoms with Crippen LogP contribution >= 0.6 is 0 Å². The largest absolute Gasteiger partial charge is 0.328 e. The summed E-state index contributed by atoms with van der Waals surface area (Å²) in [7, 11) is 3.66. The molecule has 1 saturated carbocycles. The highest BCUT2D eigenvalue weighted by atomic mass is 16.1. The summed E-state index contributed by atoms with van der Waals surface area (Å²) in [6.45, 7) is 1.09. The molecule has 4 nitrogen and oxygen atoms in total. The van der Waals surface area contributed by atoms with Crippen molar-refractivity contribution in [1.29, 1.82) is 0 Å². The van der Waals surface area contributed by atoms with E-state index in [9.17, 15) is 4.79 Å². The molecule has 0 bridgehead atoms. The highest BCUT2D eigenvalue weighted by molar-refractivity contribution is 5.76. The summed E-state index contributed by atoms with van der Waals surface area (Å²) < 4.78 is 3.43. The fourth-order valence-corrected chi connectivity index (χ4v) is 2.59. The van der Waals surface area contributed by atoms with Crippen LogP contribution in [0.4, 0.5) is 0 Å². The molecule has 0 atom stereocenters. The molecule has 0 aliphatic heterocycles. The van der Waals surface area contributed by atoms with E-state index in [2.05, 4.69) is 23.5 Å². The molecule has 1 aromatic carbocycles. The lowest BCUT2D eigenvalue weighted by atomic mass is 10.1. The highest BCUT2D eigenvalue weighted by Crippen LogP contribution is 2.19. The number of hydrogen-bond donors (Lipinski definition) is 1. The number of rotatable bonds is 5. The van der Waals surface area contributed by atoms with Crippen LogP contribution < -0.4 is 11.0 Å². The van der Waals surface area contributed by atoms with Crippen molar-refractivity contribution in [2.45, 2.75) is 31.7 Å². The second-order valence-electron chi connectivity index (χ2n) is 5.56. The fraction of sp³-hybridized carbons (Fsp3) is 0.533. The zero-order valence-electron chi connectivity index (χ0n) is 11.6. The molecule has 0 radical (unpaired) electrons. The van der Waals surface area contributed by atoms with Crippen LogP contribution in [0.3, 0.4) is 0 Å². The average molecular weight is 259 g/mol. The smallest absolute Gasteiger partial charge is 0.314 e. The summed E-state index contributed by atoms with van der Waals surface area (Å²) in [6.07, 6.45) is 4.91. The van der Waals surface area contributed by atoms with Crippen molar-refractivity contribution in [3.63, 3.8) is 0 Å². The van der Waals surface area contributed by atoms with Gasteiger partial charge in [0, 0.05) is 20.1 Å². The van der Waals surface area contributed by atoms with Gasteiger partial charge < -0.3 is 5.32 Å². The molecule has 1 heterocycles. The van der Waals surface area contributed by atoms with Gasteiger partial charge in [-0.2, -0.15) is 0 Å². The van der Waals surface area contributed by atoms with Crippen molar-refractivity contribution < 1.29 is 0 Å². The molecular weight excluding hydrogens is 238 g/mol. The summed E-state index contributed by atoms with van der Waals surface area (Å²) in [5.41, 5.74) is 3.39. The molecule has 0 saturated heterocycles. The number of nitrogens with one attached hydrogen (secondary N) is 1. The average Bonchev–Trinajstić information content (AvgIpc) is 3.22. The molecule has 1 N–H and O–H groups in total. The van der Waals surface area contributed by atoms with Gasteiger partial charge in [-0.25, -0.2) is 4.79 Å². The Kier molecular flexibility index (Phi) is 3.19. The third-order valence-corrected chi connectivity index (χ3v) is 3.99. The zero-order valence-corrected chi connectivity index (χ0v) is 11.6. The maximum absolute atomic E-state index is 11.9. The topological polar surface area (TPSA) is 39.0 Å². The second kappa shape index (κ2) is 4.85. The Morgan fingerprint density at radius 2 is 1.95 bits per heavy atom. The van der Waals surface area contributed by atoms with Gasteiger partial charge in [-0.05, 0) is 49.9 Å². The molecular formula is C15H21N3O. The van der Waals surface area contributed by atoms with Crippen molar-refractivity contribution in [2.75, 3.05) is 6.54 Å². The van der Waals surface area contributed by atoms with Gasteiger partial charge in [0.1, 0.15) is 0 Å². The Morgan fingerprint density at radius 1 is 1.21 bits per heavy atom. The van der Waals surface area contributed by atoms with Crippen molar-refractivity contribution in [2.24, 2.45) is 14.1 Å². The third kappa shape index (κ3) is 2.45. The van der Waals surface area contributed by atoms with Gasteiger partial charge in [-0.15, -0.1) is 0 Å². The molecule has 1 fully saturated rings. The summed E-state index contributed by atoms with van der Waals surface area (Å²) >= 11 is 0.